The number of nitrogens with zero attached hydrogens (tertiary/aromatic N) is 1. The first kappa shape index (κ1) is 9.56. The minimum Gasteiger partial charge on any atom is -0.342 e. The lowest BCUT2D eigenvalue weighted by Crippen LogP contribution is -2.38. The van der Waals surface area contributed by atoms with Crippen molar-refractivity contribution in [3.05, 3.63) is 6.42 Å². The first-order valence-corrected chi connectivity index (χ1v) is 4.86. The minimum absolute atomic E-state index is 0.211. The molecular formula is C10H18NO. The van der Waals surface area contributed by atoms with E-state index in [0.717, 1.165) is 32.4 Å². The summed E-state index contributed by atoms with van der Waals surface area (Å²) in [6, 6.07) is 0. The molecule has 2 heteroatoms. The molecule has 1 aliphatic heterocycles. The van der Waals surface area contributed by atoms with Crippen molar-refractivity contribution in [3.8, 4) is 0 Å². The van der Waals surface area contributed by atoms with Crippen LogP contribution < -0.4 is 0 Å². The normalized spacial score (nSPS) is 20.7. The molecule has 0 saturated carbocycles. The zero-order chi connectivity index (χ0) is 8.97. The number of hydrogen-bond acceptors (Lipinski definition) is 1. The summed E-state index contributed by atoms with van der Waals surface area (Å²) in [4.78, 5) is 13.6. The highest BCUT2D eigenvalue weighted by atomic mass is 16.2. The van der Waals surface area contributed by atoms with Gasteiger partial charge in [-0.1, -0.05) is 13.8 Å². The highest BCUT2D eigenvalue weighted by molar-refractivity contribution is 5.78. The fourth-order valence-electron chi connectivity index (χ4n) is 1.46. The quantitative estimate of drug-likeness (QED) is 0.616. The summed E-state index contributed by atoms with van der Waals surface area (Å²) in [5.74, 6) is 0.550. The van der Waals surface area contributed by atoms with Crippen molar-refractivity contribution in [2.75, 3.05) is 13.1 Å². The number of amides is 1. The Bertz CT molecular complexity index is 150. The van der Waals surface area contributed by atoms with Crippen LogP contribution in [0.25, 0.3) is 0 Å². The maximum absolute atomic E-state index is 11.6. The molecule has 1 heterocycles. The van der Waals surface area contributed by atoms with Crippen molar-refractivity contribution in [2.24, 2.45) is 5.92 Å². The summed E-state index contributed by atoms with van der Waals surface area (Å²) in [5, 5.41) is 0. The van der Waals surface area contributed by atoms with Gasteiger partial charge < -0.3 is 4.90 Å². The number of carbonyl (C=O) groups excluding carboxylic acids is 1. The number of piperidine rings is 1. The molecule has 1 fully saturated rings. The maximum atomic E-state index is 11.6. The van der Waals surface area contributed by atoms with Crippen LogP contribution in [0.5, 0.6) is 0 Å². The minimum atomic E-state index is 0.211. The summed E-state index contributed by atoms with van der Waals surface area (Å²) in [5.41, 5.74) is 0. The molecule has 1 saturated heterocycles. The molecule has 69 valence electrons. The standard InChI is InChI=1S/C10H18NO/c1-3-9(2)10(12)11-7-5-4-6-8-11/h4,9H,3,5-8H2,1-2H3. The number of hydrogen-bond donors (Lipinski definition) is 0. The Morgan fingerprint density at radius 2 is 2.08 bits per heavy atom. The monoisotopic (exact) mass is 168 g/mol. The molecule has 12 heavy (non-hydrogen) atoms. The van der Waals surface area contributed by atoms with Crippen LogP contribution in [0, 0.1) is 12.3 Å². The highest BCUT2D eigenvalue weighted by Gasteiger charge is 2.20. The second kappa shape index (κ2) is 4.48. The summed E-state index contributed by atoms with van der Waals surface area (Å²) in [7, 11) is 0. The summed E-state index contributed by atoms with van der Waals surface area (Å²) in [6.45, 7) is 5.95. The third-order valence-corrected chi connectivity index (χ3v) is 2.55. The topological polar surface area (TPSA) is 20.3 Å². The second-order valence-electron chi connectivity index (χ2n) is 3.50. The van der Waals surface area contributed by atoms with E-state index in [1.165, 1.54) is 0 Å². The number of likely N-dealkylation sites (tertiary alicyclic amines) is 1. The lowest BCUT2D eigenvalue weighted by atomic mass is 10.0. The third-order valence-electron chi connectivity index (χ3n) is 2.55. The molecule has 1 aliphatic rings. The van der Waals surface area contributed by atoms with Gasteiger partial charge in [-0.05, 0) is 25.7 Å². The molecule has 0 N–H and O–H groups in total. The van der Waals surface area contributed by atoms with E-state index in [9.17, 15) is 4.79 Å². The zero-order valence-electron chi connectivity index (χ0n) is 8.05. The van der Waals surface area contributed by atoms with Gasteiger partial charge in [-0.3, -0.25) is 4.79 Å². The molecule has 0 spiro atoms. The predicted octanol–water partition coefficient (Wildman–Crippen LogP) is 1.86. The van der Waals surface area contributed by atoms with Gasteiger partial charge in [-0.15, -0.1) is 0 Å². The van der Waals surface area contributed by atoms with Gasteiger partial charge in [-0.2, -0.15) is 0 Å². The van der Waals surface area contributed by atoms with E-state index in [2.05, 4.69) is 13.3 Å². The molecule has 0 aromatic carbocycles. The van der Waals surface area contributed by atoms with E-state index in [1.54, 1.807) is 0 Å². The van der Waals surface area contributed by atoms with Gasteiger partial charge in [0.2, 0.25) is 5.91 Å². The summed E-state index contributed by atoms with van der Waals surface area (Å²) >= 11 is 0. The maximum Gasteiger partial charge on any atom is 0.225 e. The molecule has 0 bridgehead atoms. The lowest BCUT2D eigenvalue weighted by Gasteiger charge is -2.28. The molecule has 2 nitrogen and oxygen atoms in total. The molecule has 1 unspecified atom stereocenters. The Hall–Kier alpha value is -0.530. The lowest BCUT2D eigenvalue weighted by molar-refractivity contribution is -0.135. The first-order chi connectivity index (χ1) is 5.75. The van der Waals surface area contributed by atoms with Crippen LogP contribution in [0.4, 0.5) is 0 Å². The van der Waals surface area contributed by atoms with E-state index in [-0.39, 0.29) is 5.92 Å². The van der Waals surface area contributed by atoms with Gasteiger partial charge in [0.15, 0.2) is 0 Å². The van der Waals surface area contributed by atoms with Gasteiger partial charge in [0.25, 0.3) is 0 Å². The molecule has 0 aromatic rings. The van der Waals surface area contributed by atoms with Crippen LogP contribution in [0.15, 0.2) is 0 Å². The van der Waals surface area contributed by atoms with Crippen molar-refractivity contribution in [3.63, 3.8) is 0 Å². The Labute approximate surface area is 74.9 Å². The SMILES string of the molecule is CCC(C)C(=O)N1CC[CH]CC1. The highest BCUT2D eigenvalue weighted by Crippen LogP contribution is 2.12. The molecule has 0 aromatic heterocycles. The predicted molar refractivity (Wildman–Crippen MR) is 49.6 cm³/mol. The van der Waals surface area contributed by atoms with Crippen LogP contribution in [0.1, 0.15) is 33.1 Å². The van der Waals surface area contributed by atoms with E-state index in [1.807, 2.05) is 11.8 Å². The van der Waals surface area contributed by atoms with Gasteiger partial charge in [-0.25, -0.2) is 0 Å². The first-order valence-electron chi connectivity index (χ1n) is 4.86. The van der Waals surface area contributed by atoms with Crippen LogP contribution in [0.3, 0.4) is 0 Å². The second-order valence-corrected chi connectivity index (χ2v) is 3.50. The van der Waals surface area contributed by atoms with E-state index >= 15 is 0 Å². The molecule has 1 radical (unpaired) electrons. The van der Waals surface area contributed by atoms with Crippen LogP contribution in [0.2, 0.25) is 0 Å². The van der Waals surface area contributed by atoms with Crippen LogP contribution in [-0.2, 0) is 4.79 Å². The van der Waals surface area contributed by atoms with Crippen molar-refractivity contribution < 1.29 is 4.79 Å². The van der Waals surface area contributed by atoms with E-state index in [0.29, 0.717) is 5.91 Å². The zero-order valence-corrected chi connectivity index (χ0v) is 8.05. The molecular weight excluding hydrogens is 150 g/mol. The largest absolute Gasteiger partial charge is 0.342 e. The fourth-order valence-corrected chi connectivity index (χ4v) is 1.46. The third kappa shape index (κ3) is 2.23. The Morgan fingerprint density at radius 3 is 2.58 bits per heavy atom. The van der Waals surface area contributed by atoms with Crippen LogP contribution in [-0.4, -0.2) is 23.9 Å². The van der Waals surface area contributed by atoms with Crippen LogP contribution >= 0.6 is 0 Å². The van der Waals surface area contributed by atoms with E-state index < -0.39 is 0 Å². The summed E-state index contributed by atoms with van der Waals surface area (Å²) in [6.07, 6.45) is 5.36. The fraction of sp³-hybridized carbons (Fsp3) is 0.800. The van der Waals surface area contributed by atoms with Crippen molar-refractivity contribution in [2.45, 2.75) is 33.1 Å². The molecule has 1 atom stereocenters. The molecule has 1 rings (SSSR count). The molecule has 0 aliphatic carbocycles. The summed E-state index contributed by atoms with van der Waals surface area (Å²) < 4.78 is 0. The van der Waals surface area contributed by atoms with Crippen molar-refractivity contribution in [1.29, 1.82) is 0 Å². The smallest absolute Gasteiger partial charge is 0.225 e. The van der Waals surface area contributed by atoms with E-state index in [4.69, 9.17) is 0 Å². The number of carbonyl (C=O) groups is 1. The van der Waals surface area contributed by atoms with Gasteiger partial charge in [0.1, 0.15) is 0 Å². The average molecular weight is 168 g/mol. The van der Waals surface area contributed by atoms with Crippen molar-refractivity contribution >= 4 is 5.91 Å². The number of rotatable bonds is 2. The van der Waals surface area contributed by atoms with Gasteiger partial charge >= 0.3 is 0 Å². The molecule has 1 amide bonds. The van der Waals surface area contributed by atoms with Crippen molar-refractivity contribution in [1.82, 2.24) is 4.90 Å². The van der Waals surface area contributed by atoms with Gasteiger partial charge in [0, 0.05) is 19.0 Å². The Kier molecular flexibility index (Phi) is 3.57. The Morgan fingerprint density at radius 1 is 1.50 bits per heavy atom. The Balaban J connectivity index is 2.39. The van der Waals surface area contributed by atoms with Gasteiger partial charge in [0.05, 0.1) is 0 Å². The average Bonchev–Trinajstić information content (AvgIpc) is 2.17.